The summed E-state index contributed by atoms with van der Waals surface area (Å²) in [6, 6.07) is 7.47. The highest BCUT2D eigenvalue weighted by Crippen LogP contribution is 2.26. The molecular weight excluding hydrogens is 320 g/mol. The number of ether oxygens (including phenoxy) is 1. The van der Waals surface area contributed by atoms with Gasteiger partial charge in [0, 0.05) is 25.7 Å². The summed E-state index contributed by atoms with van der Waals surface area (Å²) in [4.78, 5) is 22.7. The van der Waals surface area contributed by atoms with E-state index in [1.165, 1.54) is 6.33 Å². The average Bonchev–Trinajstić information content (AvgIpc) is 3.19. The number of carbonyl (C=O) groups is 1. The van der Waals surface area contributed by atoms with Crippen LogP contribution in [0.2, 0.25) is 0 Å². The Labute approximate surface area is 144 Å². The highest BCUT2D eigenvalue weighted by atomic mass is 16.5. The number of benzene rings is 1. The van der Waals surface area contributed by atoms with E-state index in [-0.39, 0.29) is 11.9 Å². The molecule has 3 heterocycles. The van der Waals surface area contributed by atoms with Crippen LogP contribution in [0.1, 0.15) is 6.42 Å². The van der Waals surface area contributed by atoms with Crippen molar-refractivity contribution in [2.75, 3.05) is 23.9 Å². The standard InChI is InChI=1S/C17H18N6O2/c1-22-17-14(8-20-22)16(18-10-19-17)21-11-7-15(24)23(9-11)12-3-5-13(25-2)6-4-12/h3-6,8,10-11H,7,9H2,1-2H3,(H,18,19,21). The second kappa shape index (κ2) is 6.04. The van der Waals surface area contributed by atoms with E-state index in [9.17, 15) is 4.79 Å². The van der Waals surface area contributed by atoms with Gasteiger partial charge >= 0.3 is 0 Å². The van der Waals surface area contributed by atoms with Crippen molar-refractivity contribution in [2.24, 2.45) is 7.05 Å². The van der Waals surface area contributed by atoms with Gasteiger partial charge in [0.15, 0.2) is 5.65 Å². The number of amides is 1. The summed E-state index contributed by atoms with van der Waals surface area (Å²) in [6.45, 7) is 0.580. The summed E-state index contributed by atoms with van der Waals surface area (Å²) in [5.41, 5.74) is 1.62. The summed E-state index contributed by atoms with van der Waals surface area (Å²) < 4.78 is 6.86. The van der Waals surface area contributed by atoms with Crippen LogP contribution in [0.4, 0.5) is 11.5 Å². The Kier molecular flexibility index (Phi) is 3.72. The minimum Gasteiger partial charge on any atom is -0.497 e. The SMILES string of the molecule is COc1ccc(N2CC(Nc3ncnc4c3cnn4C)CC2=O)cc1. The number of rotatable bonds is 4. The zero-order valence-corrected chi connectivity index (χ0v) is 14.0. The Morgan fingerprint density at radius 1 is 1.24 bits per heavy atom. The molecule has 1 aliphatic heterocycles. The molecule has 25 heavy (non-hydrogen) atoms. The summed E-state index contributed by atoms with van der Waals surface area (Å²) in [6.07, 6.45) is 3.65. The minimum absolute atomic E-state index is 0.0205. The van der Waals surface area contributed by atoms with Gasteiger partial charge in [0.1, 0.15) is 17.9 Å². The van der Waals surface area contributed by atoms with E-state index in [2.05, 4.69) is 20.4 Å². The van der Waals surface area contributed by atoms with Crippen LogP contribution in [-0.4, -0.2) is 45.4 Å². The molecule has 1 N–H and O–H groups in total. The van der Waals surface area contributed by atoms with Gasteiger partial charge in [0.25, 0.3) is 0 Å². The van der Waals surface area contributed by atoms with E-state index in [1.54, 1.807) is 22.9 Å². The maximum Gasteiger partial charge on any atom is 0.229 e. The molecule has 0 bridgehead atoms. The zero-order valence-electron chi connectivity index (χ0n) is 14.0. The molecule has 1 aromatic carbocycles. The lowest BCUT2D eigenvalue weighted by molar-refractivity contribution is -0.117. The van der Waals surface area contributed by atoms with Gasteiger partial charge in [0.05, 0.1) is 24.7 Å². The predicted octanol–water partition coefficient (Wildman–Crippen LogP) is 1.59. The molecule has 1 unspecified atom stereocenters. The lowest BCUT2D eigenvalue weighted by Crippen LogP contribution is -2.27. The molecule has 8 heteroatoms. The first-order valence-corrected chi connectivity index (χ1v) is 7.99. The van der Waals surface area contributed by atoms with Crippen molar-refractivity contribution in [3.8, 4) is 5.75 Å². The van der Waals surface area contributed by atoms with Gasteiger partial charge in [-0.25, -0.2) is 9.97 Å². The maximum absolute atomic E-state index is 12.4. The van der Waals surface area contributed by atoms with Crippen LogP contribution >= 0.6 is 0 Å². The molecule has 1 saturated heterocycles. The number of carbonyl (C=O) groups excluding carboxylic acids is 1. The number of hydrogen-bond acceptors (Lipinski definition) is 6. The highest BCUT2D eigenvalue weighted by Gasteiger charge is 2.31. The molecule has 0 saturated carbocycles. The van der Waals surface area contributed by atoms with Gasteiger partial charge in [-0.3, -0.25) is 9.48 Å². The fraction of sp³-hybridized carbons (Fsp3) is 0.294. The lowest BCUT2D eigenvalue weighted by atomic mass is 10.2. The molecule has 0 aliphatic carbocycles. The number of fused-ring (bicyclic) bond motifs is 1. The first-order valence-electron chi connectivity index (χ1n) is 7.99. The quantitative estimate of drug-likeness (QED) is 0.777. The van der Waals surface area contributed by atoms with E-state index in [0.29, 0.717) is 18.8 Å². The van der Waals surface area contributed by atoms with Crippen molar-refractivity contribution in [3.63, 3.8) is 0 Å². The Bertz CT molecular complexity index is 921. The molecule has 1 atom stereocenters. The molecule has 0 spiro atoms. The van der Waals surface area contributed by atoms with Crippen molar-refractivity contribution in [3.05, 3.63) is 36.8 Å². The van der Waals surface area contributed by atoms with Crippen LogP contribution in [0.25, 0.3) is 11.0 Å². The second-order valence-electron chi connectivity index (χ2n) is 5.98. The van der Waals surface area contributed by atoms with Gasteiger partial charge in [0.2, 0.25) is 5.91 Å². The van der Waals surface area contributed by atoms with Crippen molar-refractivity contribution in [1.29, 1.82) is 0 Å². The smallest absolute Gasteiger partial charge is 0.229 e. The third-order valence-electron chi connectivity index (χ3n) is 4.38. The predicted molar refractivity (Wildman–Crippen MR) is 93.7 cm³/mol. The molecule has 2 aromatic heterocycles. The molecule has 1 fully saturated rings. The maximum atomic E-state index is 12.4. The second-order valence-corrected chi connectivity index (χ2v) is 5.98. The van der Waals surface area contributed by atoms with Crippen LogP contribution in [0.5, 0.6) is 5.75 Å². The van der Waals surface area contributed by atoms with E-state index in [1.807, 2.05) is 31.3 Å². The Morgan fingerprint density at radius 2 is 2.04 bits per heavy atom. The monoisotopic (exact) mass is 338 g/mol. The van der Waals surface area contributed by atoms with E-state index >= 15 is 0 Å². The molecule has 1 aliphatic rings. The van der Waals surface area contributed by atoms with Gasteiger partial charge in [-0.2, -0.15) is 5.10 Å². The topological polar surface area (TPSA) is 85.2 Å². The number of methoxy groups -OCH3 is 1. The molecule has 3 aromatic rings. The summed E-state index contributed by atoms with van der Waals surface area (Å²) in [5, 5.41) is 8.42. The molecule has 4 rings (SSSR count). The number of aryl methyl sites for hydroxylation is 1. The number of hydrogen-bond donors (Lipinski definition) is 1. The van der Waals surface area contributed by atoms with Gasteiger partial charge < -0.3 is 15.0 Å². The third-order valence-corrected chi connectivity index (χ3v) is 4.38. The third kappa shape index (κ3) is 2.75. The van der Waals surface area contributed by atoms with Crippen molar-refractivity contribution in [2.45, 2.75) is 12.5 Å². The van der Waals surface area contributed by atoms with Gasteiger partial charge in [-0.15, -0.1) is 0 Å². The van der Waals surface area contributed by atoms with Crippen LogP contribution in [0.15, 0.2) is 36.8 Å². The van der Waals surface area contributed by atoms with Crippen molar-refractivity contribution >= 4 is 28.4 Å². The van der Waals surface area contributed by atoms with E-state index in [4.69, 9.17) is 4.74 Å². The summed E-state index contributed by atoms with van der Waals surface area (Å²) in [5.74, 6) is 1.55. The fourth-order valence-corrected chi connectivity index (χ4v) is 3.09. The zero-order chi connectivity index (χ0) is 17.4. The van der Waals surface area contributed by atoms with Crippen LogP contribution < -0.4 is 15.0 Å². The molecule has 0 radical (unpaired) electrons. The molecule has 128 valence electrons. The summed E-state index contributed by atoms with van der Waals surface area (Å²) in [7, 11) is 3.46. The van der Waals surface area contributed by atoms with E-state index in [0.717, 1.165) is 22.5 Å². The first kappa shape index (κ1) is 15.4. The lowest BCUT2D eigenvalue weighted by Gasteiger charge is -2.18. The van der Waals surface area contributed by atoms with Crippen LogP contribution in [-0.2, 0) is 11.8 Å². The highest BCUT2D eigenvalue weighted by molar-refractivity contribution is 5.97. The summed E-state index contributed by atoms with van der Waals surface area (Å²) >= 11 is 0. The van der Waals surface area contributed by atoms with E-state index < -0.39 is 0 Å². The Morgan fingerprint density at radius 3 is 2.80 bits per heavy atom. The van der Waals surface area contributed by atoms with Gasteiger partial charge in [-0.05, 0) is 24.3 Å². The van der Waals surface area contributed by atoms with Crippen molar-refractivity contribution in [1.82, 2.24) is 19.7 Å². The number of nitrogens with one attached hydrogen (secondary N) is 1. The van der Waals surface area contributed by atoms with Gasteiger partial charge in [-0.1, -0.05) is 0 Å². The van der Waals surface area contributed by atoms with Crippen LogP contribution in [0.3, 0.4) is 0 Å². The Hall–Kier alpha value is -3.16. The largest absolute Gasteiger partial charge is 0.497 e. The molecule has 1 amide bonds. The molecular formula is C17H18N6O2. The Balaban J connectivity index is 1.53. The minimum atomic E-state index is -0.0205. The van der Waals surface area contributed by atoms with Crippen molar-refractivity contribution < 1.29 is 9.53 Å². The number of nitrogens with zero attached hydrogens (tertiary/aromatic N) is 5. The molecule has 8 nitrogen and oxygen atoms in total. The number of aromatic nitrogens is 4. The average molecular weight is 338 g/mol. The number of anilines is 2. The fourth-order valence-electron chi connectivity index (χ4n) is 3.09. The normalized spacial score (nSPS) is 17.3. The van der Waals surface area contributed by atoms with Crippen LogP contribution in [0, 0.1) is 0 Å². The first-order chi connectivity index (χ1) is 12.2.